The van der Waals surface area contributed by atoms with E-state index in [0.717, 1.165) is 24.5 Å². The fraction of sp³-hybridized carbons (Fsp3) is 0.625. The number of rotatable bonds is 7. The van der Waals surface area contributed by atoms with Gasteiger partial charge in [-0.25, -0.2) is 0 Å². The highest BCUT2D eigenvalue weighted by atomic mass is 28.4. The number of ether oxygens (including phenoxy) is 2. The minimum absolute atomic E-state index is 0.800. The first kappa shape index (κ1) is 18.3. The predicted octanol–water partition coefficient (Wildman–Crippen LogP) is 4.22. The maximum atomic E-state index is 5.40. The number of benzene rings is 1. The molecule has 120 valence electrons. The monoisotopic (exact) mass is 325 g/mol. The molecule has 0 fully saturated rings. The molecule has 0 bridgehead atoms. The molecule has 3 nitrogen and oxygen atoms in total. The van der Waals surface area contributed by atoms with E-state index < -0.39 is 16.5 Å². The third kappa shape index (κ3) is 5.16. The van der Waals surface area contributed by atoms with E-state index in [2.05, 4.69) is 55.6 Å². The summed E-state index contributed by atoms with van der Waals surface area (Å²) in [5.74, 6) is 1.62. The quantitative estimate of drug-likeness (QED) is 0.701. The summed E-state index contributed by atoms with van der Waals surface area (Å²) in [6.45, 7) is 15.8. The molecule has 0 atom stereocenters. The van der Waals surface area contributed by atoms with Crippen molar-refractivity contribution in [3.05, 3.63) is 23.8 Å². The smallest absolute Gasteiger partial charge is 0.160 e. The van der Waals surface area contributed by atoms with E-state index in [1.807, 2.05) is 6.07 Å². The van der Waals surface area contributed by atoms with E-state index in [4.69, 9.17) is 9.47 Å². The van der Waals surface area contributed by atoms with Crippen molar-refractivity contribution >= 4 is 16.5 Å². The highest BCUT2D eigenvalue weighted by molar-refractivity contribution is 6.89. The molecular formula is C16H31NO2Si2. The molecule has 0 saturated carbocycles. The zero-order valence-corrected chi connectivity index (χ0v) is 16.9. The van der Waals surface area contributed by atoms with Crippen LogP contribution in [0.25, 0.3) is 0 Å². The van der Waals surface area contributed by atoms with Crippen molar-refractivity contribution in [3.8, 4) is 11.5 Å². The number of hydrogen-bond donors (Lipinski definition) is 0. The molecule has 5 heteroatoms. The lowest BCUT2D eigenvalue weighted by molar-refractivity contribution is 0.354. The molecule has 0 aromatic heterocycles. The van der Waals surface area contributed by atoms with Crippen LogP contribution in [0, 0.1) is 0 Å². The third-order valence-electron chi connectivity index (χ3n) is 3.69. The van der Waals surface area contributed by atoms with Crippen molar-refractivity contribution < 1.29 is 9.47 Å². The minimum atomic E-state index is -1.28. The number of nitrogens with zero attached hydrogens (tertiary/aromatic N) is 1. The molecule has 0 amide bonds. The van der Waals surface area contributed by atoms with Crippen molar-refractivity contribution in [1.29, 1.82) is 0 Å². The minimum Gasteiger partial charge on any atom is -0.493 e. The van der Waals surface area contributed by atoms with Gasteiger partial charge >= 0.3 is 0 Å². The molecule has 0 saturated heterocycles. The zero-order valence-electron chi connectivity index (χ0n) is 14.9. The maximum absolute atomic E-state index is 5.40. The van der Waals surface area contributed by atoms with Crippen LogP contribution in [0.2, 0.25) is 39.3 Å². The highest BCUT2D eigenvalue weighted by Gasteiger charge is 2.33. The topological polar surface area (TPSA) is 21.7 Å². The Hall–Kier alpha value is -0.786. The summed E-state index contributed by atoms with van der Waals surface area (Å²) in [4.78, 5) is 0. The van der Waals surface area contributed by atoms with E-state index in [-0.39, 0.29) is 0 Å². The lowest BCUT2D eigenvalue weighted by Gasteiger charge is -2.43. The average Bonchev–Trinajstić information content (AvgIpc) is 2.35. The van der Waals surface area contributed by atoms with Crippen molar-refractivity contribution in [1.82, 2.24) is 4.23 Å². The molecule has 0 unspecified atom stereocenters. The summed E-state index contributed by atoms with van der Waals surface area (Å²) in [7, 11) is 0.816. The van der Waals surface area contributed by atoms with E-state index in [1.54, 1.807) is 14.2 Å². The van der Waals surface area contributed by atoms with Gasteiger partial charge in [0.15, 0.2) is 11.5 Å². The summed E-state index contributed by atoms with van der Waals surface area (Å²) in [6, 6.07) is 6.25. The summed E-state index contributed by atoms with van der Waals surface area (Å²) < 4.78 is 13.5. The number of hydrogen-bond acceptors (Lipinski definition) is 3. The van der Waals surface area contributed by atoms with Gasteiger partial charge in [0.2, 0.25) is 0 Å². The van der Waals surface area contributed by atoms with Gasteiger partial charge in [0.1, 0.15) is 16.5 Å². The van der Waals surface area contributed by atoms with Crippen LogP contribution in [0.4, 0.5) is 0 Å². The predicted molar refractivity (Wildman–Crippen MR) is 96.6 cm³/mol. The molecule has 0 N–H and O–H groups in total. The zero-order chi connectivity index (χ0) is 16.3. The van der Waals surface area contributed by atoms with Crippen LogP contribution in [-0.2, 0) is 6.42 Å². The van der Waals surface area contributed by atoms with Crippen LogP contribution < -0.4 is 9.47 Å². The van der Waals surface area contributed by atoms with Gasteiger partial charge in [-0.1, -0.05) is 45.3 Å². The second kappa shape index (κ2) is 6.98. The first-order valence-corrected chi connectivity index (χ1v) is 14.5. The molecular weight excluding hydrogens is 294 g/mol. The molecule has 1 aromatic carbocycles. The van der Waals surface area contributed by atoms with E-state index in [0.29, 0.717) is 0 Å². The maximum Gasteiger partial charge on any atom is 0.160 e. The Morgan fingerprint density at radius 1 is 0.857 bits per heavy atom. The Balaban J connectivity index is 2.86. The normalized spacial score (nSPS) is 12.6. The summed E-state index contributed by atoms with van der Waals surface area (Å²) in [5, 5.41) is 0. The largest absolute Gasteiger partial charge is 0.493 e. The molecule has 0 radical (unpaired) electrons. The summed E-state index contributed by atoms with van der Waals surface area (Å²) in [6.07, 6.45) is 1.06. The first-order valence-electron chi connectivity index (χ1n) is 7.58. The third-order valence-corrected chi connectivity index (χ3v) is 11.4. The van der Waals surface area contributed by atoms with Crippen LogP contribution >= 0.6 is 0 Å². The van der Waals surface area contributed by atoms with E-state index in [9.17, 15) is 0 Å². The van der Waals surface area contributed by atoms with E-state index in [1.165, 1.54) is 5.56 Å². The molecule has 0 aliphatic carbocycles. The van der Waals surface area contributed by atoms with Gasteiger partial charge in [0.05, 0.1) is 14.2 Å². The Labute approximate surface area is 132 Å². The second-order valence-electron chi connectivity index (χ2n) is 7.43. The molecule has 21 heavy (non-hydrogen) atoms. The lowest BCUT2D eigenvalue weighted by atomic mass is 10.1. The van der Waals surface area contributed by atoms with Crippen LogP contribution in [-0.4, -0.2) is 41.5 Å². The lowest BCUT2D eigenvalue weighted by Crippen LogP contribution is -2.59. The van der Waals surface area contributed by atoms with Gasteiger partial charge in [-0.05, 0) is 30.7 Å². The van der Waals surface area contributed by atoms with Crippen molar-refractivity contribution in [3.63, 3.8) is 0 Å². The second-order valence-corrected chi connectivity index (χ2v) is 17.6. The van der Waals surface area contributed by atoms with Crippen molar-refractivity contribution in [2.45, 2.75) is 45.7 Å². The molecule has 1 aromatic rings. The van der Waals surface area contributed by atoms with Gasteiger partial charge in [-0.15, -0.1) is 0 Å². The van der Waals surface area contributed by atoms with Gasteiger partial charge < -0.3 is 13.7 Å². The van der Waals surface area contributed by atoms with Gasteiger partial charge in [0.25, 0.3) is 0 Å². The standard InChI is InChI=1S/C16H31NO2Si2/c1-18-15-10-9-14(13-16(15)19-2)11-12-17(20(3,4)5)21(6,7)8/h9-10,13H,11-12H2,1-8H3. The Bertz CT molecular complexity index is 450. The average molecular weight is 326 g/mol. The van der Waals surface area contributed by atoms with Gasteiger partial charge in [-0.3, -0.25) is 0 Å². The fourth-order valence-electron chi connectivity index (χ4n) is 2.95. The van der Waals surface area contributed by atoms with Crippen molar-refractivity contribution in [2.75, 3.05) is 20.8 Å². The fourth-order valence-corrected chi connectivity index (χ4v) is 12.6. The molecule has 0 aliphatic rings. The van der Waals surface area contributed by atoms with Gasteiger partial charge in [-0.2, -0.15) is 0 Å². The number of methoxy groups -OCH3 is 2. The van der Waals surface area contributed by atoms with Crippen molar-refractivity contribution in [2.24, 2.45) is 0 Å². The summed E-state index contributed by atoms with van der Waals surface area (Å²) in [5.41, 5.74) is 1.31. The first-order chi connectivity index (χ1) is 9.59. The van der Waals surface area contributed by atoms with Crippen LogP contribution in [0.1, 0.15) is 5.56 Å². The summed E-state index contributed by atoms with van der Waals surface area (Å²) >= 11 is 0. The Morgan fingerprint density at radius 2 is 1.38 bits per heavy atom. The molecule has 0 heterocycles. The highest BCUT2D eigenvalue weighted by Crippen LogP contribution is 2.28. The van der Waals surface area contributed by atoms with Gasteiger partial charge in [0, 0.05) is 0 Å². The van der Waals surface area contributed by atoms with E-state index >= 15 is 0 Å². The van der Waals surface area contributed by atoms with Crippen LogP contribution in [0.3, 0.4) is 0 Å². The Kier molecular flexibility index (Phi) is 6.07. The van der Waals surface area contributed by atoms with Crippen LogP contribution in [0.5, 0.6) is 11.5 Å². The molecule has 0 aliphatic heterocycles. The van der Waals surface area contributed by atoms with Crippen LogP contribution in [0.15, 0.2) is 18.2 Å². The molecule has 1 rings (SSSR count). The Morgan fingerprint density at radius 3 is 1.81 bits per heavy atom. The SMILES string of the molecule is COc1ccc(CCN([Si](C)(C)C)[Si](C)(C)C)cc1OC. The molecule has 0 spiro atoms.